The summed E-state index contributed by atoms with van der Waals surface area (Å²) < 4.78 is 26.9. The lowest BCUT2D eigenvalue weighted by atomic mass is 10.2. The number of nitrogens with zero attached hydrogens (tertiary/aromatic N) is 2. The van der Waals surface area contributed by atoms with Crippen molar-refractivity contribution in [3.05, 3.63) is 83.4 Å². The predicted molar refractivity (Wildman–Crippen MR) is 122 cm³/mol. The lowest BCUT2D eigenvalue weighted by molar-refractivity contribution is 0.102. The number of benzene rings is 3. The third kappa shape index (κ3) is 4.58. The van der Waals surface area contributed by atoms with E-state index in [0.717, 1.165) is 5.69 Å². The molecular formula is C22H22ClN3O3S. The highest BCUT2D eigenvalue weighted by Gasteiger charge is 2.21. The molecule has 0 bridgehead atoms. The van der Waals surface area contributed by atoms with Gasteiger partial charge in [0.15, 0.2) is 0 Å². The minimum absolute atomic E-state index is 0.0992. The van der Waals surface area contributed by atoms with E-state index in [2.05, 4.69) is 5.32 Å². The number of nitrogens with one attached hydrogen (secondary N) is 1. The van der Waals surface area contributed by atoms with Crippen LogP contribution in [0.5, 0.6) is 0 Å². The first-order valence-electron chi connectivity index (χ1n) is 9.12. The Bertz CT molecular complexity index is 1150. The van der Waals surface area contributed by atoms with Crippen LogP contribution in [0.3, 0.4) is 0 Å². The third-order valence-corrected chi connectivity index (χ3v) is 6.62. The molecule has 0 fully saturated rings. The average Bonchev–Trinajstić information content (AvgIpc) is 2.73. The summed E-state index contributed by atoms with van der Waals surface area (Å²) in [6, 6.07) is 19.8. The molecule has 0 saturated carbocycles. The van der Waals surface area contributed by atoms with E-state index in [0.29, 0.717) is 22.0 Å². The number of halogens is 1. The topological polar surface area (TPSA) is 69.7 Å². The molecule has 1 amide bonds. The van der Waals surface area contributed by atoms with Gasteiger partial charge < -0.3 is 10.2 Å². The maximum absolute atomic E-state index is 12.9. The van der Waals surface area contributed by atoms with Crippen LogP contribution in [0.15, 0.2) is 77.7 Å². The molecule has 6 nitrogen and oxygen atoms in total. The molecule has 0 radical (unpaired) electrons. The van der Waals surface area contributed by atoms with E-state index in [4.69, 9.17) is 11.6 Å². The molecule has 0 aliphatic heterocycles. The largest absolute Gasteiger partial charge is 0.376 e. The van der Waals surface area contributed by atoms with Crippen molar-refractivity contribution in [1.29, 1.82) is 0 Å². The normalized spacial score (nSPS) is 11.1. The van der Waals surface area contributed by atoms with E-state index >= 15 is 0 Å². The van der Waals surface area contributed by atoms with Gasteiger partial charge in [0.2, 0.25) is 0 Å². The fraction of sp³-hybridized carbons (Fsp3) is 0.136. The van der Waals surface area contributed by atoms with E-state index < -0.39 is 10.0 Å². The van der Waals surface area contributed by atoms with Crippen LogP contribution in [0.2, 0.25) is 5.02 Å². The molecule has 1 N–H and O–H groups in total. The van der Waals surface area contributed by atoms with Crippen LogP contribution in [0.25, 0.3) is 0 Å². The van der Waals surface area contributed by atoms with Crippen LogP contribution in [0.4, 0.5) is 17.1 Å². The van der Waals surface area contributed by atoms with Crippen molar-refractivity contribution in [3.8, 4) is 0 Å². The first kappa shape index (κ1) is 21.7. The quantitative estimate of drug-likeness (QED) is 0.609. The molecule has 3 aromatic carbocycles. The standard InChI is InChI=1S/C22H22ClN3O3S/c1-25(2)21-14-11-17(23)15-20(21)24-22(27)16-9-12-19(13-10-16)30(28,29)26(3)18-7-5-4-6-8-18/h4-15H,1-3H3,(H,24,27). The van der Waals surface area contributed by atoms with Gasteiger partial charge in [-0.05, 0) is 54.6 Å². The fourth-order valence-corrected chi connectivity index (χ4v) is 4.27. The number of para-hydroxylation sites is 1. The van der Waals surface area contributed by atoms with Gasteiger partial charge in [-0.25, -0.2) is 8.42 Å². The summed E-state index contributed by atoms with van der Waals surface area (Å²) in [7, 11) is 1.48. The molecule has 3 rings (SSSR count). The number of anilines is 3. The van der Waals surface area contributed by atoms with E-state index in [-0.39, 0.29) is 10.8 Å². The fourth-order valence-electron chi connectivity index (χ4n) is 2.91. The van der Waals surface area contributed by atoms with Crippen LogP contribution < -0.4 is 14.5 Å². The van der Waals surface area contributed by atoms with Gasteiger partial charge in [-0.15, -0.1) is 0 Å². The van der Waals surface area contributed by atoms with Gasteiger partial charge >= 0.3 is 0 Å². The maximum Gasteiger partial charge on any atom is 0.264 e. The van der Waals surface area contributed by atoms with Crippen LogP contribution in [0, 0.1) is 0 Å². The zero-order valence-electron chi connectivity index (χ0n) is 16.8. The zero-order chi connectivity index (χ0) is 21.9. The number of sulfonamides is 1. The second kappa shape index (κ2) is 8.77. The average molecular weight is 444 g/mol. The van der Waals surface area contributed by atoms with Gasteiger partial charge in [0, 0.05) is 31.7 Å². The zero-order valence-corrected chi connectivity index (χ0v) is 18.4. The minimum atomic E-state index is -3.74. The number of carbonyl (C=O) groups excluding carboxylic acids is 1. The van der Waals surface area contributed by atoms with Crippen molar-refractivity contribution < 1.29 is 13.2 Å². The predicted octanol–water partition coefficient (Wildman–Crippen LogP) is 4.48. The molecule has 0 aliphatic carbocycles. The number of carbonyl (C=O) groups is 1. The Hall–Kier alpha value is -3.03. The van der Waals surface area contributed by atoms with E-state index in [1.54, 1.807) is 36.4 Å². The summed E-state index contributed by atoms with van der Waals surface area (Å²) in [5.74, 6) is -0.360. The van der Waals surface area contributed by atoms with Gasteiger partial charge in [-0.3, -0.25) is 9.10 Å². The monoisotopic (exact) mass is 443 g/mol. The van der Waals surface area contributed by atoms with Gasteiger partial charge in [0.1, 0.15) is 0 Å². The third-order valence-electron chi connectivity index (χ3n) is 4.58. The highest BCUT2D eigenvalue weighted by Crippen LogP contribution is 2.28. The first-order valence-corrected chi connectivity index (χ1v) is 10.9. The molecule has 0 saturated heterocycles. The van der Waals surface area contributed by atoms with Gasteiger partial charge in [0.25, 0.3) is 15.9 Å². The lowest BCUT2D eigenvalue weighted by Crippen LogP contribution is -2.26. The summed E-state index contributed by atoms with van der Waals surface area (Å²) in [6.45, 7) is 0. The lowest BCUT2D eigenvalue weighted by Gasteiger charge is -2.20. The molecule has 156 valence electrons. The van der Waals surface area contributed by atoms with Gasteiger partial charge in [-0.2, -0.15) is 0 Å². The number of rotatable bonds is 6. The Labute approximate surface area is 181 Å². The van der Waals surface area contributed by atoms with Crippen molar-refractivity contribution in [2.24, 2.45) is 0 Å². The maximum atomic E-state index is 12.9. The second-order valence-electron chi connectivity index (χ2n) is 6.84. The molecule has 30 heavy (non-hydrogen) atoms. The highest BCUT2D eigenvalue weighted by molar-refractivity contribution is 7.92. The Kier molecular flexibility index (Phi) is 6.34. The summed E-state index contributed by atoms with van der Waals surface area (Å²) in [4.78, 5) is 14.6. The Balaban J connectivity index is 1.82. The van der Waals surface area contributed by atoms with Crippen molar-refractivity contribution in [2.45, 2.75) is 4.90 Å². The van der Waals surface area contributed by atoms with Crippen molar-refractivity contribution in [3.63, 3.8) is 0 Å². The minimum Gasteiger partial charge on any atom is -0.376 e. The molecule has 0 atom stereocenters. The molecule has 0 unspecified atom stereocenters. The molecular weight excluding hydrogens is 422 g/mol. The summed E-state index contributed by atoms with van der Waals surface area (Å²) in [5, 5.41) is 3.33. The first-order chi connectivity index (χ1) is 14.2. The van der Waals surface area contributed by atoms with Gasteiger partial charge in [-0.1, -0.05) is 29.8 Å². The van der Waals surface area contributed by atoms with Crippen molar-refractivity contribution in [2.75, 3.05) is 35.7 Å². The number of hydrogen-bond donors (Lipinski definition) is 1. The van der Waals surface area contributed by atoms with E-state index in [1.807, 2.05) is 31.1 Å². The second-order valence-corrected chi connectivity index (χ2v) is 9.25. The smallest absolute Gasteiger partial charge is 0.264 e. The van der Waals surface area contributed by atoms with Crippen LogP contribution in [0.1, 0.15) is 10.4 Å². The number of hydrogen-bond acceptors (Lipinski definition) is 4. The molecule has 0 aromatic heterocycles. The highest BCUT2D eigenvalue weighted by atomic mass is 35.5. The number of amides is 1. The SMILES string of the molecule is CN(C)c1ccc(Cl)cc1NC(=O)c1ccc(S(=O)(=O)N(C)c2ccccc2)cc1. The molecule has 3 aromatic rings. The van der Waals surface area contributed by atoms with Gasteiger partial charge in [0.05, 0.1) is 22.0 Å². The summed E-state index contributed by atoms with van der Waals surface area (Å²) in [6.07, 6.45) is 0. The van der Waals surface area contributed by atoms with Crippen LogP contribution in [-0.4, -0.2) is 35.5 Å². The molecule has 0 aliphatic rings. The Morgan fingerprint density at radius 2 is 1.53 bits per heavy atom. The van der Waals surface area contributed by atoms with Crippen LogP contribution >= 0.6 is 11.6 Å². The molecule has 8 heteroatoms. The Morgan fingerprint density at radius 3 is 2.13 bits per heavy atom. The summed E-state index contributed by atoms with van der Waals surface area (Å²) in [5.41, 5.74) is 2.26. The summed E-state index contributed by atoms with van der Waals surface area (Å²) >= 11 is 6.06. The molecule has 0 heterocycles. The van der Waals surface area contributed by atoms with Crippen molar-refractivity contribution in [1.82, 2.24) is 0 Å². The molecule has 0 spiro atoms. The van der Waals surface area contributed by atoms with E-state index in [9.17, 15) is 13.2 Å². The van der Waals surface area contributed by atoms with Crippen molar-refractivity contribution >= 4 is 44.6 Å². The Morgan fingerprint density at radius 1 is 0.900 bits per heavy atom. The van der Waals surface area contributed by atoms with Crippen LogP contribution in [-0.2, 0) is 10.0 Å². The van der Waals surface area contributed by atoms with E-state index in [1.165, 1.54) is 35.6 Å².